The van der Waals surface area contributed by atoms with Crippen molar-refractivity contribution in [3.8, 4) is 22.5 Å². The van der Waals surface area contributed by atoms with E-state index in [4.69, 9.17) is 35.9 Å². The van der Waals surface area contributed by atoms with E-state index in [-0.39, 0.29) is 29.7 Å². The van der Waals surface area contributed by atoms with Gasteiger partial charge in [0.05, 0.1) is 22.8 Å². The smallest absolute Gasteiger partial charge is 0.327 e. The monoisotopic (exact) mass is 996 g/mol. The van der Waals surface area contributed by atoms with Gasteiger partial charge in [-0.3, -0.25) is 4.57 Å². The first-order chi connectivity index (χ1) is 34.5. The molecule has 2 saturated heterocycles. The Hall–Kier alpha value is -7.36. The van der Waals surface area contributed by atoms with Crippen molar-refractivity contribution in [2.75, 3.05) is 59.9 Å². The maximum Gasteiger partial charge on any atom is 0.327 e. The summed E-state index contributed by atoms with van der Waals surface area (Å²) in [6.07, 6.45) is 9.86. The Morgan fingerprint density at radius 1 is 0.676 bits per heavy atom. The zero-order valence-corrected chi connectivity index (χ0v) is 41.5. The molecule has 2 aliphatic rings. The largest absolute Gasteiger partial charge is 0.355 e. The van der Waals surface area contributed by atoms with E-state index in [1.165, 1.54) is 46.5 Å². The van der Waals surface area contributed by atoms with Gasteiger partial charge in [0.1, 0.15) is 29.6 Å². The highest BCUT2D eigenvalue weighted by molar-refractivity contribution is 7.14. The molecule has 366 valence electrons. The van der Waals surface area contributed by atoms with Crippen molar-refractivity contribution in [3.05, 3.63) is 125 Å². The number of imidazole rings is 3. The summed E-state index contributed by atoms with van der Waals surface area (Å²) >= 11 is 3.06. The zero-order valence-electron chi connectivity index (χ0n) is 39.9. The minimum atomic E-state index is -0.269. The number of nitrogens with one attached hydrogen (secondary N) is 1. The minimum Gasteiger partial charge on any atom is -0.355 e. The Balaban J connectivity index is 0.000000167. The number of amides is 1. The van der Waals surface area contributed by atoms with Crippen LogP contribution in [-0.2, 0) is 12.8 Å². The molecule has 0 atom stereocenters. The summed E-state index contributed by atoms with van der Waals surface area (Å²) in [5.74, 6) is 3.06. The number of thiazole rings is 2. The third-order valence-electron chi connectivity index (χ3n) is 12.9. The molecule has 9 heterocycles. The molecule has 0 spiro atoms. The molecule has 21 heteroatoms. The first-order valence-electron chi connectivity index (χ1n) is 23.8. The van der Waals surface area contributed by atoms with Crippen LogP contribution < -0.4 is 30.7 Å². The van der Waals surface area contributed by atoms with Crippen LogP contribution in [0.4, 0.5) is 47.1 Å². The molecule has 17 nitrogen and oxygen atoms in total. The van der Waals surface area contributed by atoms with Crippen LogP contribution >= 0.6 is 22.7 Å². The van der Waals surface area contributed by atoms with Gasteiger partial charge in [0, 0.05) is 86.6 Å². The Bertz CT molecular complexity index is 3240. The lowest BCUT2D eigenvalue weighted by Gasteiger charge is -2.33. The van der Waals surface area contributed by atoms with E-state index in [0.717, 1.165) is 143 Å². The summed E-state index contributed by atoms with van der Waals surface area (Å²) in [4.78, 5) is 44.1. The molecule has 2 fully saturated rings. The number of hydrogen-bond acceptors (Lipinski definition) is 15. The first kappa shape index (κ1) is 47.3. The van der Waals surface area contributed by atoms with Gasteiger partial charge in [0.25, 0.3) is 0 Å². The van der Waals surface area contributed by atoms with E-state index in [2.05, 4.69) is 33.9 Å². The lowest BCUT2D eigenvalue weighted by Crippen LogP contribution is -2.46. The molecule has 0 saturated carbocycles. The van der Waals surface area contributed by atoms with Crippen LogP contribution in [0.3, 0.4) is 0 Å². The molecule has 9 aromatic rings. The number of rotatable bonds is 11. The molecule has 3 N–H and O–H groups in total. The highest BCUT2D eigenvalue weighted by Gasteiger charge is 2.26. The molecular weight excluding hydrogens is 943 g/mol. The second kappa shape index (κ2) is 20.5. The maximum absolute atomic E-state index is 13.4. The van der Waals surface area contributed by atoms with Crippen molar-refractivity contribution in [1.29, 1.82) is 0 Å². The number of nitrogens with two attached hydrogens (primary N) is 1. The first-order valence-corrected chi connectivity index (χ1v) is 25.5. The fourth-order valence-corrected chi connectivity index (χ4v) is 10.5. The van der Waals surface area contributed by atoms with Crippen molar-refractivity contribution in [2.45, 2.75) is 64.5 Å². The van der Waals surface area contributed by atoms with E-state index in [0.29, 0.717) is 0 Å². The fourth-order valence-electron chi connectivity index (χ4n) is 8.93. The van der Waals surface area contributed by atoms with E-state index < -0.39 is 0 Å². The number of fused-ring (bicyclic) bond motifs is 2. The van der Waals surface area contributed by atoms with Crippen molar-refractivity contribution < 1.29 is 13.6 Å². The van der Waals surface area contributed by atoms with Crippen LogP contribution in [0.2, 0.25) is 0 Å². The predicted octanol–water partition coefficient (Wildman–Crippen LogP) is 9.00. The lowest BCUT2D eigenvalue weighted by atomic mass is 10.1. The number of benzene rings is 2. The third kappa shape index (κ3) is 10.0. The van der Waals surface area contributed by atoms with Gasteiger partial charge < -0.3 is 30.7 Å². The molecule has 2 aliphatic heterocycles. The van der Waals surface area contributed by atoms with Gasteiger partial charge in [0.2, 0.25) is 0 Å². The number of carbonyl (C=O) groups excluding carboxylic acids is 1. The SMILES string of the molecule is CCc1nc2ccc(N3CCC(N)CC3)nn2c1N(C)c1nc(-c2ccc(F)cc2)cs1.CCc1nc2ccc(N3CCC(NC(=O)n4ccnc4)CC3)nn2c1N(C)c1nc(-c2ccc(F)cc2)cs1. The van der Waals surface area contributed by atoms with Crippen molar-refractivity contribution >= 4 is 73.5 Å². The number of nitrogens with zero attached hydrogens (tertiary/aromatic N) is 14. The van der Waals surface area contributed by atoms with Gasteiger partial charge in [-0.15, -0.1) is 32.9 Å². The molecule has 0 bridgehead atoms. The number of halogens is 2. The van der Waals surface area contributed by atoms with Gasteiger partial charge in [0.15, 0.2) is 33.2 Å². The van der Waals surface area contributed by atoms with Crippen LogP contribution in [0.15, 0.2) is 102 Å². The summed E-state index contributed by atoms with van der Waals surface area (Å²) in [7, 11) is 3.96. The van der Waals surface area contributed by atoms with Crippen LogP contribution in [-0.4, -0.2) is 107 Å². The van der Waals surface area contributed by atoms with E-state index in [1.807, 2.05) is 68.0 Å². The van der Waals surface area contributed by atoms with Crippen LogP contribution in [0.5, 0.6) is 0 Å². The summed E-state index contributed by atoms with van der Waals surface area (Å²) in [6.45, 7) is 7.55. The number of hydrogen-bond donors (Lipinski definition) is 2. The summed E-state index contributed by atoms with van der Waals surface area (Å²) in [5, 5.41) is 18.6. The Morgan fingerprint density at radius 2 is 1.14 bits per heavy atom. The highest BCUT2D eigenvalue weighted by atomic mass is 32.1. The Kier molecular flexibility index (Phi) is 13.7. The summed E-state index contributed by atoms with van der Waals surface area (Å²) in [5.41, 5.74) is 12.9. The molecule has 0 aliphatic carbocycles. The van der Waals surface area contributed by atoms with Gasteiger partial charge in [-0.1, -0.05) is 13.8 Å². The fraction of sp³-hybridized carbons (Fsp3) is 0.320. The molecule has 0 unspecified atom stereocenters. The maximum atomic E-state index is 13.4. The zero-order chi connectivity index (χ0) is 49.2. The second-order valence-electron chi connectivity index (χ2n) is 17.6. The number of carbonyl (C=O) groups is 1. The van der Waals surface area contributed by atoms with Gasteiger partial charge in [-0.25, -0.2) is 38.5 Å². The standard InChI is InChI=1S/C27H28FN9OS.C23H26FN7S/c1-3-21-25(34(2)27-32-22(16-39-27)18-4-6-19(28)7-5-18)37-23(31-21)8-9-24(33-37)35-13-10-20(11-14-35)30-26(38)36-15-12-29-17-36;1-3-18-22(29(2)23-27-19(14-32-23)15-4-6-16(24)7-5-15)31-20(26-18)8-9-21(28-31)30-12-10-17(25)11-13-30/h4-9,12,15-17,20H,3,10-11,13-14H2,1-2H3,(H,30,38);4-9,14,17H,3,10-13,25H2,1-2H3. The van der Waals surface area contributed by atoms with Crippen molar-refractivity contribution in [3.63, 3.8) is 0 Å². The second-order valence-corrected chi connectivity index (χ2v) is 19.2. The predicted molar refractivity (Wildman–Crippen MR) is 277 cm³/mol. The summed E-state index contributed by atoms with van der Waals surface area (Å²) < 4.78 is 31.9. The quantitative estimate of drug-likeness (QED) is 0.126. The topological polar surface area (TPSA) is 172 Å². The van der Waals surface area contributed by atoms with Crippen molar-refractivity contribution in [2.24, 2.45) is 5.73 Å². The van der Waals surface area contributed by atoms with E-state index in [9.17, 15) is 13.6 Å². The molecule has 1 amide bonds. The highest BCUT2D eigenvalue weighted by Crippen LogP contribution is 2.36. The van der Waals surface area contributed by atoms with E-state index in [1.54, 1.807) is 48.0 Å². The van der Waals surface area contributed by atoms with E-state index >= 15 is 0 Å². The van der Waals surface area contributed by atoms with Gasteiger partial charge >= 0.3 is 6.03 Å². The van der Waals surface area contributed by atoms with Crippen LogP contribution in [0, 0.1) is 11.6 Å². The van der Waals surface area contributed by atoms with Crippen molar-refractivity contribution in [1.82, 2.24) is 54.0 Å². The van der Waals surface area contributed by atoms with Crippen LogP contribution in [0.1, 0.15) is 50.9 Å². The molecule has 71 heavy (non-hydrogen) atoms. The Morgan fingerprint density at radius 3 is 1.58 bits per heavy atom. The molecular formula is C50H54F2N16OS2. The number of piperidine rings is 2. The average Bonchev–Trinajstić information content (AvgIpc) is 4.27. The number of anilines is 6. The Labute approximate surface area is 417 Å². The lowest BCUT2D eigenvalue weighted by molar-refractivity contribution is 0.236. The number of aryl methyl sites for hydroxylation is 2. The normalized spacial score (nSPS) is 14.5. The molecule has 2 aromatic carbocycles. The van der Waals surface area contributed by atoms with Gasteiger partial charge in [-0.05, 0) is 111 Å². The molecule has 11 rings (SSSR count). The van der Waals surface area contributed by atoms with Crippen LogP contribution in [0.25, 0.3) is 33.8 Å². The van der Waals surface area contributed by atoms with Gasteiger partial charge in [-0.2, -0.15) is 9.03 Å². The summed E-state index contributed by atoms with van der Waals surface area (Å²) in [6, 6.07) is 21.1. The third-order valence-corrected chi connectivity index (χ3v) is 14.7. The number of aromatic nitrogens is 10. The minimum absolute atomic E-state index is 0.0988. The molecule has 7 aromatic heterocycles. The molecule has 0 radical (unpaired) electrons. The average molecular weight is 997 g/mol.